The standard InChI is InChI=1S/C19H23N3O6S/c1-3-16(18(23)20-17-11-13(2)28-21-17)27-19(24)14-7-6-8-15(12-14)29(25,26)22-9-4-5-10-22/h6-8,11-12,16H,3-5,9-10H2,1-2H3,(H,20,21,23). The summed E-state index contributed by atoms with van der Waals surface area (Å²) in [7, 11) is -3.66. The molecule has 0 saturated carbocycles. The van der Waals surface area contributed by atoms with Gasteiger partial charge < -0.3 is 14.6 Å². The van der Waals surface area contributed by atoms with Gasteiger partial charge in [0.2, 0.25) is 10.0 Å². The highest BCUT2D eigenvalue weighted by atomic mass is 32.2. The van der Waals surface area contributed by atoms with Gasteiger partial charge in [-0.2, -0.15) is 4.31 Å². The van der Waals surface area contributed by atoms with Gasteiger partial charge in [0, 0.05) is 19.2 Å². The van der Waals surface area contributed by atoms with Crippen molar-refractivity contribution in [2.45, 2.75) is 44.1 Å². The number of sulfonamides is 1. The van der Waals surface area contributed by atoms with Gasteiger partial charge in [-0.15, -0.1) is 0 Å². The Morgan fingerprint density at radius 3 is 2.62 bits per heavy atom. The van der Waals surface area contributed by atoms with E-state index >= 15 is 0 Å². The molecule has 1 atom stereocenters. The molecule has 0 aliphatic carbocycles. The lowest BCUT2D eigenvalue weighted by molar-refractivity contribution is -0.124. The lowest BCUT2D eigenvalue weighted by Crippen LogP contribution is -2.32. The van der Waals surface area contributed by atoms with Crippen LogP contribution in [-0.4, -0.2) is 48.9 Å². The van der Waals surface area contributed by atoms with Crippen molar-refractivity contribution in [1.82, 2.24) is 9.46 Å². The fraction of sp³-hybridized carbons (Fsp3) is 0.421. The molecular weight excluding hydrogens is 398 g/mol. The first-order valence-electron chi connectivity index (χ1n) is 9.36. The number of aryl methyl sites for hydroxylation is 1. The molecule has 3 rings (SSSR count). The molecule has 1 aliphatic rings. The molecule has 2 heterocycles. The molecule has 29 heavy (non-hydrogen) atoms. The van der Waals surface area contributed by atoms with Crippen LogP contribution in [0.3, 0.4) is 0 Å². The topological polar surface area (TPSA) is 119 Å². The minimum absolute atomic E-state index is 0.0319. The van der Waals surface area contributed by atoms with E-state index in [-0.39, 0.29) is 22.7 Å². The number of nitrogens with one attached hydrogen (secondary N) is 1. The quantitative estimate of drug-likeness (QED) is 0.682. The summed E-state index contributed by atoms with van der Waals surface area (Å²) in [5.74, 6) is -0.570. The Labute approximate surface area is 169 Å². The van der Waals surface area contributed by atoms with Gasteiger partial charge in [0.05, 0.1) is 10.5 Å². The van der Waals surface area contributed by atoms with Gasteiger partial charge in [-0.3, -0.25) is 4.79 Å². The largest absolute Gasteiger partial charge is 0.449 e. The number of hydrogen-bond acceptors (Lipinski definition) is 7. The van der Waals surface area contributed by atoms with Crippen molar-refractivity contribution in [1.29, 1.82) is 0 Å². The highest BCUT2D eigenvalue weighted by Gasteiger charge is 2.28. The minimum atomic E-state index is -3.66. The van der Waals surface area contributed by atoms with E-state index in [0.717, 1.165) is 12.8 Å². The molecule has 0 bridgehead atoms. The van der Waals surface area contributed by atoms with E-state index < -0.39 is 28.0 Å². The second kappa shape index (κ2) is 8.75. The van der Waals surface area contributed by atoms with Crippen LogP contribution in [0.15, 0.2) is 39.8 Å². The summed E-state index contributed by atoms with van der Waals surface area (Å²) in [6.45, 7) is 4.32. The number of amides is 1. The van der Waals surface area contributed by atoms with Gasteiger partial charge in [0.25, 0.3) is 5.91 Å². The molecule has 1 aliphatic heterocycles. The number of rotatable bonds is 7. The van der Waals surface area contributed by atoms with Crippen molar-refractivity contribution < 1.29 is 27.3 Å². The number of hydrogen-bond donors (Lipinski definition) is 1. The molecule has 1 aromatic heterocycles. The number of nitrogens with zero attached hydrogens (tertiary/aromatic N) is 2. The summed E-state index contributed by atoms with van der Waals surface area (Å²) in [6.07, 6.45) is 0.817. The van der Waals surface area contributed by atoms with Gasteiger partial charge in [0.15, 0.2) is 11.9 Å². The van der Waals surface area contributed by atoms with Gasteiger partial charge in [0.1, 0.15) is 5.76 Å². The number of benzene rings is 1. The number of aromatic nitrogens is 1. The van der Waals surface area contributed by atoms with Crippen molar-refractivity contribution in [3.63, 3.8) is 0 Å². The van der Waals surface area contributed by atoms with E-state index in [1.807, 2.05) is 0 Å². The zero-order valence-electron chi connectivity index (χ0n) is 16.3. The second-order valence-corrected chi connectivity index (χ2v) is 8.69. The smallest absolute Gasteiger partial charge is 0.338 e. The molecule has 1 aromatic carbocycles. The molecule has 1 amide bonds. The van der Waals surface area contributed by atoms with Crippen LogP contribution < -0.4 is 5.32 Å². The van der Waals surface area contributed by atoms with Gasteiger partial charge >= 0.3 is 5.97 Å². The van der Waals surface area contributed by atoms with E-state index in [2.05, 4.69) is 10.5 Å². The predicted molar refractivity (Wildman–Crippen MR) is 104 cm³/mol. The van der Waals surface area contributed by atoms with Crippen LogP contribution in [0.5, 0.6) is 0 Å². The third-order valence-corrected chi connectivity index (χ3v) is 6.46. The summed E-state index contributed by atoms with van der Waals surface area (Å²) in [4.78, 5) is 24.9. The molecular formula is C19H23N3O6S. The minimum Gasteiger partial charge on any atom is -0.449 e. The van der Waals surface area contributed by atoms with Crippen LogP contribution in [0.2, 0.25) is 0 Å². The summed E-state index contributed by atoms with van der Waals surface area (Å²) < 4.78 is 37.0. The normalized spacial score (nSPS) is 15.8. The fourth-order valence-corrected chi connectivity index (χ4v) is 4.58. The van der Waals surface area contributed by atoms with E-state index in [4.69, 9.17) is 9.26 Å². The highest BCUT2D eigenvalue weighted by Crippen LogP contribution is 2.22. The Balaban J connectivity index is 1.71. The average Bonchev–Trinajstić information content (AvgIpc) is 3.38. The van der Waals surface area contributed by atoms with E-state index in [1.54, 1.807) is 19.9 Å². The second-order valence-electron chi connectivity index (χ2n) is 6.75. The lowest BCUT2D eigenvalue weighted by atomic mass is 10.2. The number of ether oxygens (including phenoxy) is 1. The fourth-order valence-electron chi connectivity index (χ4n) is 3.01. The highest BCUT2D eigenvalue weighted by molar-refractivity contribution is 7.89. The predicted octanol–water partition coefficient (Wildman–Crippen LogP) is 2.34. The summed E-state index contributed by atoms with van der Waals surface area (Å²) in [5.41, 5.74) is 0.0637. The maximum absolute atomic E-state index is 12.7. The zero-order valence-corrected chi connectivity index (χ0v) is 17.1. The van der Waals surface area contributed by atoms with Gasteiger partial charge in [-0.25, -0.2) is 13.2 Å². The molecule has 1 fully saturated rings. The molecule has 0 radical (unpaired) electrons. The average molecular weight is 421 g/mol. The Morgan fingerprint density at radius 2 is 2.00 bits per heavy atom. The third-order valence-electron chi connectivity index (χ3n) is 4.56. The molecule has 156 valence electrons. The number of carbonyl (C=O) groups is 2. The van der Waals surface area contributed by atoms with E-state index in [0.29, 0.717) is 18.8 Å². The Kier molecular flexibility index (Phi) is 6.33. The first-order chi connectivity index (χ1) is 13.8. The Hall–Kier alpha value is -2.72. The summed E-state index contributed by atoms with van der Waals surface area (Å²) in [6, 6.07) is 7.21. The van der Waals surface area contributed by atoms with Crippen molar-refractivity contribution in [3.05, 3.63) is 41.7 Å². The molecule has 10 heteroatoms. The Bertz CT molecular complexity index is 995. The van der Waals surface area contributed by atoms with E-state index in [9.17, 15) is 18.0 Å². The number of carbonyl (C=O) groups excluding carboxylic acids is 2. The van der Waals surface area contributed by atoms with Gasteiger partial charge in [-0.1, -0.05) is 18.1 Å². The molecule has 1 saturated heterocycles. The van der Waals surface area contributed by atoms with Crippen LogP contribution in [-0.2, 0) is 19.6 Å². The molecule has 9 nitrogen and oxygen atoms in total. The first-order valence-corrected chi connectivity index (χ1v) is 10.8. The van der Waals surface area contributed by atoms with Crippen molar-refractivity contribution in [2.24, 2.45) is 0 Å². The zero-order chi connectivity index (χ0) is 21.0. The van der Waals surface area contributed by atoms with Crippen LogP contribution in [0, 0.1) is 6.92 Å². The van der Waals surface area contributed by atoms with Gasteiger partial charge in [-0.05, 0) is 44.4 Å². The van der Waals surface area contributed by atoms with E-state index in [1.165, 1.54) is 28.6 Å². The van der Waals surface area contributed by atoms with Crippen molar-refractivity contribution in [2.75, 3.05) is 18.4 Å². The summed E-state index contributed by atoms with van der Waals surface area (Å²) >= 11 is 0. The monoisotopic (exact) mass is 421 g/mol. The molecule has 1 unspecified atom stereocenters. The molecule has 1 N–H and O–H groups in total. The summed E-state index contributed by atoms with van der Waals surface area (Å²) in [5, 5.41) is 6.19. The van der Waals surface area contributed by atoms with Crippen molar-refractivity contribution in [3.8, 4) is 0 Å². The van der Waals surface area contributed by atoms with Crippen LogP contribution in [0.1, 0.15) is 42.3 Å². The molecule has 2 aromatic rings. The van der Waals surface area contributed by atoms with Crippen LogP contribution in [0.4, 0.5) is 5.82 Å². The van der Waals surface area contributed by atoms with Crippen LogP contribution in [0.25, 0.3) is 0 Å². The number of anilines is 1. The number of esters is 1. The molecule has 0 spiro atoms. The third kappa shape index (κ3) is 4.83. The Morgan fingerprint density at radius 1 is 1.28 bits per heavy atom. The maximum atomic E-state index is 12.7. The van der Waals surface area contributed by atoms with Crippen molar-refractivity contribution >= 4 is 27.7 Å². The first kappa shape index (κ1) is 21.0. The SMILES string of the molecule is CCC(OC(=O)c1cccc(S(=O)(=O)N2CCCC2)c1)C(=O)Nc1cc(C)on1. The van der Waals surface area contributed by atoms with Crippen LogP contribution >= 0.6 is 0 Å². The lowest BCUT2D eigenvalue weighted by Gasteiger charge is -2.17. The maximum Gasteiger partial charge on any atom is 0.338 e.